The zero-order valence-corrected chi connectivity index (χ0v) is 28.6. The Bertz CT molecular complexity index is 2040. The lowest BCUT2D eigenvalue weighted by atomic mass is 9.91. The van der Waals surface area contributed by atoms with E-state index in [1.807, 2.05) is 32.3 Å². The molecule has 49 heavy (non-hydrogen) atoms. The summed E-state index contributed by atoms with van der Waals surface area (Å²) in [6.07, 6.45) is 35.8. The van der Waals surface area contributed by atoms with Crippen molar-refractivity contribution in [3.63, 3.8) is 0 Å². The van der Waals surface area contributed by atoms with E-state index in [4.69, 9.17) is 6.42 Å². The Morgan fingerprint density at radius 1 is 0.857 bits per heavy atom. The highest BCUT2D eigenvalue weighted by molar-refractivity contribution is 5.83. The van der Waals surface area contributed by atoms with Gasteiger partial charge in [0.1, 0.15) is 0 Å². The van der Waals surface area contributed by atoms with Gasteiger partial charge in [-0.15, -0.1) is 6.42 Å². The zero-order chi connectivity index (χ0) is 34.0. The molecule has 0 saturated carbocycles. The van der Waals surface area contributed by atoms with E-state index in [1.165, 1.54) is 28.2 Å². The third-order valence-corrected chi connectivity index (χ3v) is 8.95. The topological polar surface area (TPSA) is 19.4 Å². The van der Waals surface area contributed by atoms with E-state index in [9.17, 15) is 0 Å². The number of pyridine rings is 1. The average Bonchev–Trinajstić information content (AvgIpc) is 3.33. The molecule has 0 amide bonds. The maximum atomic E-state index is 6.05. The Morgan fingerprint density at radius 2 is 1.65 bits per heavy atom. The first-order valence-electron chi connectivity index (χ1n) is 17.2. The maximum Gasteiger partial charge on any atom is 0.0502 e. The second kappa shape index (κ2) is 15.8. The molecule has 0 saturated heterocycles. The van der Waals surface area contributed by atoms with Gasteiger partial charge in [-0.2, -0.15) is 0 Å². The second-order valence-electron chi connectivity index (χ2n) is 12.0. The van der Waals surface area contributed by atoms with Gasteiger partial charge in [0.25, 0.3) is 0 Å². The lowest BCUT2D eigenvalue weighted by Gasteiger charge is -2.34. The van der Waals surface area contributed by atoms with Crippen LogP contribution < -0.4 is 9.80 Å². The van der Waals surface area contributed by atoms with Gasteiger partial charge in [-0.05, 0) is 65.3 Å². The molecular weight excluding hydrogens is 595 g/mol. The van der Waals surface area contributed by atoms with Crippen molar-refractivity contribution >= 4 is 22.6 Å². The van der Waals surface area contributed by atoms with E-state index in [-0.39, 0.29) is 5.92 Å². The normalized spacial score (nSPS) is 19.1. The van der Waals surface area contributed by atoms with Gasteiger partial charge in [0.2, 0.25) is 0 Å². The monoisotopic (exact) mass is 637 g/mol. The zero-order valence-electron chi connectivity index (χ0n) is 28.6. The second-order valence-corrected chi connectivity index (χ2v) is 12.0. The van der Waals surface area contributed by atoms with Crippen molar-refractivity contribution in [2.45, 2.75) is 32.6 Å². The number of hydrogen-bond acceptors (Lipinski definition) is 3. The largest absolute Gasteiger partial charge is 0.364 e. The number of rotatable bonds is 6. The Morgan fingerprint density at radius 3 is 2.51 bits per heavy atom. The van der Waals surface area contributed by atoms with Crippen LogP contribution in [-0.2, 0) is 0 Å². The molecular formula is C46H43N3. The SMILES string of the molecule is C#C/C(=C\C=C/CN1C/C=C\C=C/C(C)c2ccccc21)c1cncc(-c2cccc(N3C4=CC(C=CC=C4)c4ccccc43)c2)c1.CC. The molecule has 0 radical (unpaired) electrons. The fourth-order valence-corrected chi connectivity index (χ4v) is 6.56. The smallest absolute Gasteiger partial charge is 0.0502 e. The van der Waals surface area contributed by atoms with Crippen LogP contribution in [0.3, 0.4) is 0 Å². The summed E-state index contributed by atoms with van der Waals surface area (Å²) in [5.41, 5.74) is 11.2. The van der Waals surface area contributed by atoms with Crippen LogP contribution in [0.2, 0.25) is 0 Å². The molecule has 3 aliphatic rings. The van der Waals surface area contributed by atoms with Gasteiger partial charge in [-0.25, -0.2) is 0 Å². The molecule has 2 unspecified atom stereocenters. The van der Waals surface area contributed by atoms with Crippen LogP contribution in [0.15, 0.2) is 170 Å². The third-order valence-electron chi connectivity index (χ3n) is 8.95. The first kappa shape index (κ1) is 33.1. The van der Waals surface area contributed by atoms with E-state index in [0.717, 1.165) is 41.0 Å². The highest BCUT2D eigenvalue weighted by atomic mass is 15.2. The summed E-state index contributed by atoms with van der Waals surface area (Å²) in [5.74, 6) is 3.51. The van der Waals surface area contributed by atoms with Crippen LogP contribution in [0.5, 0.6) is 0 Å². The van der Waals surface area contributed by atoms with Gasteiger partial charge in [-0.3, -0.25) is 4.98 Å². The highest BCUT2D eigenvalue weighted by Crippen LogP contribution is 2.43. The highest BCUT2D eigenvalue weighted by Gasteiger charge is 2.25. The summed E-state index contributed by atoms with van der Waals surface area (Å²) >= 11 is 0. The first-order chi connectivity index (χ1) is 24.2. The van der Waals surface area contributed by atoms with Gasteiger partial charge in [0.15, 0.2) is 0 Å². The summed E-state index contributed by atoms with van der Waals surface area (Å²) in [5, 5.41) is 0. The summed E-state index contributed by atoms with van der Waals surface area (Å²) in [4.78, 5) is 9.34. The van der Waals surface area contributed by atoms with Gasteiger partial charge in [-0.1, -0.05) is 130 Å². The molecule has 2 aliphatic heterocycles. The molecule has 2 atom stereocenters. The molecule has 3 nitrogen and oxygen atoms in total. The first-order valence-corrected chi connectivity index (χ1v) is 17.2. The number of terminal acetylenes is 1. The molecule has 4 aromatic rings. The molecule has 2 bridgehead atoms. The van der Waals surface area contributed by atoms with Crippen LogP contribution in [-0.4, -0.2) is 18.1 Å². The number of anilines is 3. The molecule has 7 rings (SSSR count). The number of para-hydroxylation sites is 2. The molecule has 3 aromatic carbocycles. The van der Waals surface area contributed by atoms with Crippen LogP contribution in [0.25, 0.3) is 16.7 Å². The van der Waals surface area contributed by atoms with Gasteiger partial charge in [0, 0.05) is 71.1 Å². The van der Waals surface area contributed by atoms with Crippen LogP contribution in [0, 0.1) is 12.3 Å². The van der Waals surface area contributed by atoms with E-state index in [2.05, 4.69) is 173 Å². The fraction of sp³-hybridized carbons (Fsp3) is 0.152. The Kier molecular flexibility index (Phi) is 10.7. The molecule has 0 spiro atoms. The minimum absolute atomic E-state index is 0.270. The number of hydrogen-bond donors (Lipinski definition) is 0. The minimum atomic E-state index is 0.270. The number of benzene rings is 3. The van der Waals surface area contributed by atoms with Crippen molar-refractivity contribution < 1.29 is 0 Å². The third kappa shape index (κ3) is 7.35. The van der Waals surface area contributed by atoms with Crippen molar-refractivity contribution in [2.75, 3.05) is 22.9 Å². The lowest BCUT2D eigenvalue weighted by Crippen LogP contribution is -2.24. The summed E-state index contributed by atoms with van der Waals surface area (Å²) < 4.78 is 0. The number of allylic oxidation sites excluding steroid dienone is 11. The standard InChI is InChI=1S/C44H37N3.C2H6/c1-3-34(17-12-14-27-46-26-13-4-5-16-33(2)41-22-8-10-24-43(41)46)37-28-38(32-45-31-37)35-19-15-21-40(29-35)47-39-20-7-6-18-36(30-39)42-23-9-11-25-44(42)47;1-2/h1,4-25,28-33,36H,26-27H2,2H3;1-2H3/b13-4-,14-12-,16-5-,34-17+;. The van der Waals surface area contributed by atoms with Crippen LogP contribution in [0.4, 0.5) is 17.1 Å². The Balaban J connectivity index is 0.00000205. The van der Waals surface area contributed by atoms with E-state index >= 15 is 0 Å². The Hall–Kier alpha value is -5.85. The number of fused-ring (bicyclic) bond motifs is 4. The van der Waals surface area contributed by atoms with Crippen LogP contribution >= 0.6 is 0 Å². The lowest BCUT2D eigenvalue weighted by molar-refractivity contribution is 0.906. The van der Waals surface area contributed by atoms with E-state index in [1.54, 1.807) is 0 Å². The summed E-state index contributed by atoms with van der Waals surface area (Å²) in [6, 6.07) is 28.1. The average molecular weight is 638 g/mol. The minimum Gasteiger partial charge on any atom is -0.364 e. The van der Waals surface area contributed by atoms with Gasteiger partial charge >= 0.3 is 0 Å². The molecule has 0 N–H and O–H groups in total. The van der Waals surface area contributed by atoms with Crippen molar-refractivity contribution in [1.82, 2.24) is 4.98 Å². The van der Waals surface area contributed by atoms with Crippen molar-refractivity contribution in [3.05, 3.63) is 187 Å². The molecule has 1 aliphatic carbocycles. The molecule has 1 aromatic heterocycles. The van der Waals surface area contributed by atoms with Crippen molar-refractivity contribution in [1.29, 1.82) is 0 Å². The van der Waals surface area contributed by atoms with E-state index < -0.39 is 0 Å². The maximum absolute atomic E-state index is 6.05. The predicted octanol–water partition coefficient (Wildman–Crippen LogP) is 11.3. The molecule has 3 heterocycles. The van der Waals surface area contributed by atoms with Crippen molar-refractivity contribution in [3.8, 4) is 23.5 Å². The predicted molar refractivity (Wildman–Crippen MR) is 210 cm³/mol. The van der Waals surface area contributed by atoms with Gasteiger partial charge < -0.3 is 9.80 Å². The molecule has 3 heteroatoms. The Labute approximate surface area is 292 Å². The number of aromatic nitrogens is 1. The molecule has 242 valence electrons. The summed E-state index contributed by atoms with van der Waals surface area (Å²) in [6.45, 7) is 7.85. The molecule has 0 fully saturated rings. The van der Waals surface area contributed by atoms with Crippen molar-refractivity contribution in [2.24, 2.45) is 0 Å². The fourth-order valence-electron chi connectivity index (χ4n) is 6.56. The quantitative estimate of drug-likeness (QED) is 0.155. The van der Waals surface area contributed by atoms with E-state index in [0.29, 0.717) is 5.92 Å². The number of nitrogens with zero attached hydrogens (tertiary/aromatic N) is 3. The van der Waals surface area contributed by atoms with Crippen LogP contribution in [0.1, 0.15) is 49.3 Å². The van der Waals surface area contributed by atoms with Gasteiger partial charge in [0.05, 0.1) is 5.69 Å². The summed E-state index contributed by atoms with van der Waals surface area (Å²) in [7, 11) is 0.